The third kappa shape index (κ3) is 4.80. The van der Waals surface area contributed by atoms with Crippen molar-refractivity contribution in [3.8, 4) is 5.82 Å². The van der Waals surface area contributed by atoms with E-state index in [-0.39, 0.29) is 17.0 Å². The van der Waals surface area contributed by atoms with Crippen LogP contribution in [0.25, 0.3) is 16.6 Å². The molecule has 0 aliphatic carbocycles. The summed E-state index contributed by atoms with van der Waals surface area (Å²) in [5.41, 5.74) is 1.67. The molecule has 4 rings (SSSR count). The third-order valence-corrected chi connectivity index (χ3v) is 5.95. The number of esters is 1. The molecule has 0 amide bonds. The van der Waals surface area contributed by atoms with Crippen molar-refractivity contribution in [1.82, 2.24) is 19.5 Å². The standard InChI is InChI=1S/C26H28N4O5/c1-5-6-9-12-29-25(32)20-11-8-7-10-19(20)24(27-29)26(33)34-15-22(31)21-13-16(2)30(18(21)4)23-14-17(3)35-28-23/h7-8,10-11,13-14H,5-6,9,12,15H2,1-4H3. The van der Waals surface area contributed by atoms with Gasteiger partial charge < -0.3 is 9.26 Å². The van der Waals surface area contributed by atoms with Gasteiger partial charge in [-0.1, -0.05) is 43.1 Å². The Morgan fingerprint density at radius 3 is 2.49 bits per heavy atom. The molecule has 0 aliphatic rings. The first-order chi connectivity index (χ1) is 16.8. The first-order valence-corrected chi connectivity index (χ1v) is 11.6. The lowest BCUT2D eigenvalue weighted by Gasteiger charge is -2.11. The van der Waals surface area contributed by atoms with E-state index >= 15 is 0 Å². The molecule has 0 unspecified atom stereocenters. The maximum Gasteiger partial charge on any atom is 0.359 e. The number of hydrogen-bond donors (Lipinski definition) is 0. The number of aromatic nitrogens is 4. The molecule has 4 aromatic rings. The van der Waals surface area contributed by atoms with Gasteiger partial charge >= 0.3 is 5.97 Å². The van der Waals surface area contributed by atoms with Gasteiger partial charge in [0.15, 0.2) is 18.1 Å². The Balaban J connectivity index is 1.57. The Labute approximate surface area is 202 Å². The van der Waals surface area contributed by atoms with Crippen molar-refractivity contribution in [2.75, 3.05) is 6.61 Å². The van der Waals surface area contributed by atoms with E-state index in [2.05, 4.69) is 17.2 Å². The molecule has 0 spiro atoms. The van der Waals surface area contributed by atoms with Crippen LogP contribution < -0.4 is 5.56 Å². The Morgan fingerprint density at radius 1 is 1.06 bits per heavy atom. The number of aryl methyl sites for hydroxylation is 3. The van der Waals surface area contributed by atoms with Gasteiger partial charge in [-0.3, -0.25) is 14.2 Å². The van der Waals surface area contributed by atoms with Gasteiger partial charge in [-0.15, -0.1) is 0 Å². The highest BCUT2D eigenvalue weighted by Crippen LogP contribution is 2.21. The molecule has 0 atom stereocenters. The predicted octanol–water partition coefficient (Wildman–Crippen LogP) is 4.33. The van der Waals surface area contributed by atoms with Crippen molar-refractivity contribution >= 4 is 22.5 Å². The summed E-state index contributed by atoms with van der Waals surface area (Å²) in [6, 6.07) is 10.3. The number of rotatable bonds is 9. The minimum absolute atomic E-state index is 0.0213. The van der Waals surface area contributed by atoms with E-state index in [4.69, 9.17) is 9.26 Å². The summed E-state index contributed by atoms with van der Waals surface area (Å²) >= 11 is 0. The lowest BCUT2D eigenvalue weighted by atomic mass is 10.1. The first kappa shape index (κ1) is 24.1. The van der Waals surface area contributed by atoms with Crippen LogP contribution >= 0.6 is 0 Å². The topological polar surface area (TPSA) is 109 Å². The van der Waals surface area contributed by atoms with Crippen LogP contribution in [0.4, 0.5) is 0 Å². The average molecular weight is 477 g/mol. The zero-order valence-electron chi connectivity index (χ0n) is 20.3. The number of ketones is 1. The number of nitrogens with zero attached hydrogens (tertiary/aromatic N) is 4. The number of benzene rings is 1. The second-order valence-electron chi connectivity index (χ2n) is 8.54. The average Bonchev–Trinajstić information content (AvgIpc) is 3.40. The van der Waals surface area contributed by atoms with Crippen molar-refractivity contribution in [2.45, 2.75) is 53.5 Å². The van der Waals surface area contributed by atoms with Gasteiger partial charge in [0.25, 0.3) is 5.56 Å². The summed E-state index contributed by atoms with van der Waals surface area (Å²) < 4.78 is 13.7. The van der Waals surface area contributed by atoms with Gasteiger partial charge in [0, 0.05) is 34.9 Å². The second kappa shape index (κ2) is 10.1. The largest absolute Gasteiger partial charge is 0.452 e. The normalized spacial score (nSPS) is 11.2. The zero-order valence-corrected chi connectivity index (χ0v) is 20.3. The fourth-order valence-corrected chi connectivity index (χ4v) is 4.18. The fraction of sp³-hybridized carbons (Fsp3) is 0.346. The van der Waals surface area contributed by atoms with E-state index in [9.17, 15) is 14.4 Å². The Morgan fingerprint density at radius 2 is 1.80 bits per heavy atom. The predicted molar refractivity (Wildman–Crippen MR) is 130 cm³/mol. The van der Waals surface area contributed by atoms with Gasteiger partial charge in [0.1, 0.15) is 5.76 Å². The number of fused-ring (bicyclic) bond motifs is 1. The Kier molecular flexibility index (Phi) is 6.95. The van der Waals surface area contributed by atoms with Crippen LogP contribution in [-0.2, 0) is 11.3 Å². The fourth-order valence-electron chi connectivity index (χ4n) is 4.18. The molecule has 1 aromatic carbocycles. The van der Waals surface area contributed by atoms with Gasteiger partial charge in [0.05, 0.1) is 5.39 Å². The van der Waals surface area contributed by atoms with E-state index < -0.39 is 12.6 Å². The number of carbonyl (C=O) groups is 2. The summed E-state index contributed by atoms with van der Waals surface area (Å²) in [7, 11) is 0. The maximum atomic E-state index is 13.0. The summed E-state index contributed by atoms with van der Waals surface area (Å²) in [6.07, 6.45) is 2.72. The van der Waals surface area contributed by atoms with Gasteiger partial charge in [-0.05, 0) is 39.3 Å². The Hall–Kier alpha value is -4.01. The molecular formula is C26H28N4O5. The monoisotopic (exact) mass is 476 g/mol. The minimum atomic E-state index is -0.750. The molecular weight excluding hydrogens is 448 g/mol. The Bertz CT molecular complexity index is 1460. The van der Waals surface area contributed by atoms with Crippen LogP contribution in [0.3, 0.4) is 0 Å². The van der Waals surface area contributed by atoms with Crippen LogP contribution in [0.2, 0.25) is 0 Å². The lowest BCUT2D eigenvalue weighted by Crippen LogP contribution is -2.27. The van der Waals surface area contributed by atoms with Crippen LogP contribution in [-0.4, -0.2) is 37.9 Å². The molecule has 182 valence electrons. The van der Waals surface area contributed by atoms with Crippen LogP contribution in [0, 0.1) is 20.8 Å². The molecule has 3 aromatic heterocycles. The van der Waals surface area contributed by atoms with Crippen molar-refractivity contribution in [2.24, 2.45) is 0 Å². The molecule has 0 fully saturated rings. The molecule has 0 saturated heterocycles. The summed E-state index contributed by atoms with van der Waals surface area (Å²) in [6.45, 7) is 7.47. The lowest BCUT2D eigenvalue weighted by molar-refractivity contribution is 0.0468. The second-order valence-corrected chi connectivity index (χ2v) is 8.54. The minimum Gasteiger partial charge on any atom is -0.452 e. The van der Waals surface area contributed by atoms with E-state index in [0.29, 0.717) is 40.2 Å². The van der Waals surface area contributed by atoms with Crippen LogP contribution in [0.15, 0.2) is 45.7 Å². The smallest absolute Gasteiger partial charge is 0.359 e. The molecule has 0 N–H and O–H groups in total. The number of carbonyl (C=O) groups excluding carboxylic acids is 2. The summed E-state index contributed by atoms with van der Waals surface area (Å²) in [4.78, 5) is 38.8. The van der Waals surface area contributed by atoms with Crippen LogP contribution in [0.1, 0.15) is 64.2 Å². The summed E-state index contributed by atoms with van der Waals surface area (Å²) in [5.74, 6) is 0.137. The van der Waals surface area contributed by atoms with Crippen molar-refractivity contribution in [3.05, 3.63) is 75.2 Å². The molecule has 9 heteroatoms. The van der Waals surface area contributed by atoms with Crippen molar-refractivity contribution < 1.29 is 18.8 Å². The summed E-state index contributed by atoms with van der Waals surface area (Å²) in [5, 5.41) is 9.11. The molecule has 35 heavy (non-hydrogen) atoms. The van der Waals surface area contributed by atoms with Gasteiger partial charge in [-0.25, -0.2) is 9.48 Å². The van der Waals surface area contributed by atoms with E-state index in [1.807, 2.05) is 11.5 Å². The quantitative estimate of drug-likeness (QED) is 0.201. The number of ether oxygens (including phenoxy) is 1. The maximum absolute atomic E-state index is 13.0. The number of hydrogen-bond acceptors (Lipinski definition) is 7. The number of Topliss-reactive ketones (excluding diaryl/α,β-unsaturated/α-hetero) is 1. The molecule has 3 heterocycles. The zero-order chi connectivity index (χ0) is 25.1. The molecule has 0 bridgehead atoms. The highest BCUT2D eigenvalue weighted by Gasteiger charge is 2.22. The van der Waals surface area contributed by atoms with Crippen molar-refractivity contribution in [3.63, 3.8) is 0 Å². The highest BCUT2D eigenvalue weighted by atomic mass is 16.5. The first-order valence-electron chi connectivity index (χ1n) is 11.6. The molecule has 0 radical (unpaired) electrons. The van der Waals surface area contributed by atoms with E-state index in [0.717, 1.165) is 25.0 Å². The number of unbranched alkanes of at least 4 members (excludes halogenated alkanes) is 2. The molecule has 9 nitrogen and oxygen atoms in total. The van der Waals surface area contributed by atoms with Gasteiger partial charge in [-0.2, -0.15) is 5.10 Å². The van der Waals surface area contributed by atoms with Gasteiger partial charge in [0.2, 0.25) is 5.78 Å². The molecule has 0 saturated carbocycles. The van der Waals surface area contributed by atoms with Crippen LogP contribution in [0.5, 0.6) is 0 Å². The third-order valence-electron chi connectivity index (χ3n) is 5.95. The van der Waals surface area contributed by atoms with E-state index in [1.165, 1.54) is 4.68 Å². The van der Waals surface area contributed by atoms with Crippen molar-refractivity contribution in [1.29, 1.82) is 0 Å². The SMILES string of the molecule is CCCCCn1nc(C(=O)OCC(=O)c2cc(C)n(-c3cc(C)on3)c2C)c2ccccc2c1=O. The highest BCUT2D eigenvalue weighted by molar-refractivity contribution is 6.04. The van der Waals surface area contributed by atoms with E-state index in [1.54, 1.807) is 50.2 Å². The molecule has 0 aliphatic heterocycles.